The van der Waals surface area contributed by atoms with E-state index >= 15 is 0 Å². The van der Waals surface area contributed by atoms with Crippen LogP contribution in [-0.2, 0) is 6.42 Å². The highest BCUT2D eigenvalue weighted by atomic mass is 32.2. The molecule has 0 radical (unpaired) electrons. The van der Waals surface area contributed by atoms with Crippen molar-refractivity contribution in [1.82, 2.24) is 10.0 Å². The van der Waals surface area contributed by atoms with E-state index in [4.69, 9.17) is 5.11 Å². The van der Waals surface area contributed by atoms with E-state index in [1.165, 1.54) is 11.8 Å². The van der Waals surface area contributed by atoms with E-state index in [2.05, 4.69) is 5.01 Å². The molecule has 20 heavy (non-hydrogen) atoms. The van der Waals surface area contributed by atoms with E-state index in [0.717, 1.165) is 30.8 Å². The van der Waals surface area contributed by atoms with E-state index in [0.29, 0.717) is 6.54 Å². The SMILES string of the molecule is CCN1CCSC(=O)N1CCc1ccc(C(=O)O)cc1. The Balaban J connectivity index is 1.96. The first-order chi connectivity index (χ1) is 9.61. The summed E-state index contributed by atoms with van der Waals surface area (Å²) in [4.78, 5) is 22.7. The molecule has 6 heteroatoms. The molecular weight excluding hydrogens is 276 g/mol. The van der Waals surface area contributed by atoms with Gasteiger partial charge >= 0.3 is 5.97 Å². The van der Waals surface area contributed by atoms with Gasteiger partial charge in [0.25, 0.3) is 5.24 Å². The molecule has 5 nitrogen and oxygen atoms in total. The highest BCUT2D eigenvalue weighted by Gasteiger charge is 2.24. The fraction of sp³-hybridized carbons (Fsp3) is 0.429. The molecule has 1 fully saturated rings. The quantitative estimate of drug-likeness (QED) is 0.903. The van der Waals surface area contributed by atoms with Gasteiger partial charge in [0.15, 0.2) is 0 Å². The molecule has 0 unspecified atom stereocenters. The number of rotatable bonds is 5. The molecule has 1 aliphatic rings. The fourth-order valence-electron chi connectivity index (χ4n) is 2.16. The largest absolute Gasteiger partial charge is 0.478 e. The van der Waals surface area contributed by atoms with Crippen LogP contribution in [0.2, 0.25) is 0 Å². The lowest BCUT2D eigenvalue weighted by atomic mass is 10.1. The molecule has 0 saturated carbocycles. The number of aromatic carboxylic acids is 1. The number of hydrazine groups is 1. The van der Waals surface area contributed by atoms with Crippen LogP contribution in [-0.4, -0.2) is 51.7 Å². The van der Waals surface area contributed by atoms with Crippen LogP contribution in [0, 0.1) is 0 Å². The average molecular weight is 294 g/mol. The number of carbonyl (C=O) groups is 2. The fourth-order valence-corrected chi connectivity index (χ4v) is 2.99. The van der Waals surface area contributed by atoms with Crippen LogP contribution < -0.4 is 0 Å². The number of hydrogen-bond acceptors (Lipinski definition) is 4. The minimum Gasteiger partial charge on any atom is -0.478 e. The van der Waals surface area contributed by atoms with Gasteiger partial charge in [-0.25, -0.2) is 9.80 Å². The normalized spacial score (nSPS) is 16.4. The molecule has 108 valence electrons. The maximum Gasteiger partial charge on any atom is 0.335 e. The Morgan fingerprint density at radius 1 is 1.35 bits per heavy atom. The molecule has 0 bridgehead atoms. The predicted molar refractivity (Wildman–Crippen MR) is 78.9 cm³/mol. The van der Waals surface area contributed by atoms with Crippen molar-refractivity contribution < 1.29 is 14.7 Å². The molecular formula is C14H18N2O3S. The molecule has 0 aliphatic carbocycles. The average Bonchev–Trinajstić information content (AvgIpc) is 2.46. The molecule has 0 atom stereocenters. The Hall–Kier alpha value is -1.53. The van der Waals surface area contributed by atoms with Gasteiger partial charge in [0.2, 0.25) is 0 Å². The first kappa shape index (κ1) is 14.9. The van der Waals surface area contributed by atoms with Crippen molar-refractivity contribution in [2.24, 2.45) is 0 Å². The van der Waals surface area contributed by atoms with E-state index in [9.17, 15) is 9.59 Å². The summed E-state index contributed by atoms with van der Waals surface area (Å²) in [6.45, 7) is 4.39. The number of carboxylic acids is 1. The Morgan fingerprint density at radius 2 is 2.05 bits per heavy atom. The second kappa shape index (κ2) is 6.76. The van der Waals surface area contributed by atoms with Crippen molar-refractivity contribution >= 4 is 23.0 Å². The number of hydrogen-bond donors (Lipinski definition) is 1. The molecule has 0 aromatic heterocycles. The zero-order chi connectivity index (χ0) is 14.5. The predicted octanol–water partition coefficient (Wildman–Crippen LogP) is 2.33. The van der Waals surface area contributed by atoms with Crippen LogP contribution in [0.3, 0.4) is 0 Å². The third kappa shape index (κ3) is 3.52. The van der Waals surface area contributed by atoms with Crippen molar-refractivity contribution in [2.75, 3.05) is 25.4 Å². The van der Waals surface area contributed by atoms with Crippen LogP contribution in [0.5, 0.6) is 0 Å². The summed E-state index contributed by atoms with van der Waals surface area (Å²) >= 11 is 1.35. The van der Waals surface area contributed by atoms with Gasteiger partial charge in [-0.3, -0.25) is 9.80 Å². The highest BCUT2D eigenvalue weighted by Crippen LogP contribution is 2.18. The van der Waals surface area contributed by atoms with Gasteiger partial charge in [-0.15, -0.1) is 0 Å². The van der Waals surface area contributed by atoms with Gasteiger partial charge in [-0.1, -0.05) is 30.8 Å². The molecule has 1 saturated heterocycles. The van der Waals surface area contributed by atoms with Gasteiger partial charge in [-0.05, 0) is 24.1 Å². The number of amides is 1. The molecule has 1 N–H and O–H groups in total. The summed E-state index contributed by atoms with van der Waals surface area (Å²) in [5, 5.41) is 12.8. The number of carbonyl (C=O) groups excluding carboxylic acids is 1. The van der Waals surface area contributed by atoms with Gasteiger partial charge < -0.3 is 5.11 Å². The molecule has 1 aromatic carbocycles. The lowest BCUT2D eigenvalue weighted by Gasteiger charge is -2.37. The van der Waals surface area contributed by atoms with Crippen molar-refractivity contribution in [3.8, 4) is 0 Å². The summed E-state index contributed by atoms with van der Waals surface area (Å²) in [6, 6.07) is 6.81. The summed E-state index contributed by atoms with van der Waals surface area (Å²) in [6.07, 6.45) is 0.725. The maximum absolute atomic E-state index is 11.9. The van der Waals surface area contributed by atoms with Gasteiger partial charge in [0.05, 0.1) is 5.56 Å². The number of benzene rings is 1. The molecule has 2 rings (SSSR count). The summed E-state index contributed by atoms with van der Waals surface area (Å²) in [5.74, 6) is -0.0763. The number of carboxylic acid groups (broad SMARTS) is 1. The monoisotopic (exact) mass is 294 g/mol. The number of nitrogens with zero attached hydrogens (tertiary/aromatic N) is 2. The van der Waals surface area contributed by atoms with Crippen molar-refractivity contribution in [3.63, 3.8) is 0 Å². The van der Waals surface area contributed by atoms with E-state index < -0.39 is 5.97 Å². The standard InChI is InChI=1S/C14H18N2O3S/c1-2-15-9-10-20-14(19)16(15)8-7-11-3-5-12(6-4-11)13(17)18/h3-6H,2,7-10H2,1H3,(H,17,18). The maximum atomic E-state index is 11.9. The Labute approximate surface area is 122 Å². The summed E-state index contributed by atoms with van der Waals surface area (Å²) in [5.41, 5.74) is 1.32. The van der Waals surface area contributed by atoms with Crippen LogP contribution in [0.25, 0.3) is 0 Å². The summed E-state index contributed by atoms with van der Waals surface area (Å²) < 4.78 is 0. The molecule has 0 spiro atoms. The van der Waals surface area contributed by atoms with Gasteiger partial charge in [0.1, 0.15) is 0 Å². The van der Waals surface area contributed by atoms with E-state index in [1.54, 1.807) is 29.3 Å². The van der Waals surface area contributed by atoms with E-state index in [1.807, 2.05) is 6.92 Å². The summed E-state index contributed by atoms with van der Waals surface area (Å²) in [7, 11) is 0. The third-order valence-corrected chi connectivity index (χ3v) is 4.15. The van der Waals surface area contributed by atoms with Crippen LogP contribution in [0.1, 0.15) is 22.8 Å². The highest BCUT2D eigenvalue weighted by molar-refractivity contribution is 8.13. The zero-order valence-corrected chi connectivity index (χ0v) is 12.2. The van der Waals surface area contributed by atoms with Gasteiger partial charge in [0, 0.05) is 25.4 Å². The Morgan fingerprint density at radius 3 is 2.65 bits per heavy atom. The first-order valence-corrected chi connectivity index (χ1v) is 7.61. The van der Waals surface area contributed by atoms with Crippen LogP contribution >= 0.6 is 11.8 Å². The second-order valence-corrected chi connectivity index (χ2v) is 5.58. The van der Waals surface area contributed by atoms with Crippen LogP contribution in [0.15, 0.2) is 24.3 Å². The Bertz CT molecular complexity index is 490. The van der Waals surface area contributed by atoms with E-state index in [-0.39, 0.29) is 10.8 Å². The zero-order valence-electron chi connectivity index (χ0n) is 11.4. The van der Waals surface area contributed by atoms with Gasteiger partial charge in [-0.2, -0.15) is 0 Å². The molecule has 1 heterocycles. The third-order valence-electron chi connectivity index (χ3n) is 3.31. The number of thioether (sulfide) groups is 1. The molecule has 1 aliphatic heterocycles. The smallest absolute Gasteiger partial charge is 0.335 e. The lowest BCUT2D eigenvalue weighted by Crippen LogP contribution is -2.50. The Kier molecular flexibility index (Phi) is 5.03. The minimum absolute atomic E-state index is 0.0975. The second-order valence-electron chi connectivity index (χ2n) is 4.54. The lowest BCUT2D eigenvalue weighted by molar-refractivity contribution is 0.0336. The van der Waals surface area contributed by atoms with Crippen molar-refractivity contribution in [2.45, 2.75) is 13.3 Å². The molecule has 1 amide bonds. The van der Waals surface area contributed by atoms with Crippen molar-refractivity contribution in [1.29, 1.82) is 0 Å². The van der Waals surface area contributed by atoms with Crippen molar-refractivity contribution in [3.05, 3.63) is 35.4 Å². The molecule has 1 aromatic rings. The topological polar surface area (TPSA) is 60.9 Å². The first-order valence-electron chi connectivity index (χ1n) is 6.63. The minimum atomic E-state index is -0.920. The van der Waals surface area contributed by atoms with Crippen LogP contribution in [0.4, 0.5) is 4.79 Å².